The van der Waals surface area contributed by atoms with Gasteiger partial charge in [0.1, 0.15) is 5.82 Å². The second kappa shape index (κ2) is 12.8. The van der Waals surface area contributed by atoms with E-state index in [1.54, 1.807) is 19.1 Å². The number of anilines is 2. The smallest absolute Gasteiger partial charge is 0.262 e. The maximum atomic E-state index is 14.2. The summed E-state index contributed by atoms with van der Waals surface area (Å²) in [5.41, 5.74) is 6.89. The molecule has 0 spiro atoms. The molecule has 0 radical (unpaired) electrons. The first-order chi connectivity index (χ1) is 18.0. The van der Waals surface area contributed by atoms with Gasteiger partial charge in [-0.05, 0) is 64.0 Å². The number of ether oxygens (including phenoxy) is 1. The summed E-state index contributed by atoms with van der Waals surface area (Å²) in [5.74, 6) is -3.20. The fourth-order valence-corrected chi connectivity index (χ4v) is 4.57. The van der Waals surface area contributed by atoms with Crippen LogP contribution in [0.3, 0.4) is 0 Å². The third-order valence-corrected chi connectivity index (χ3v) is 6.93. The fraction of sp³-hybridized carbons (Fsp3) is 0.556. The van der Waals surface area contributed by atoms with Crippen molar-refractivity contribution in [2.45, 2.75) is 57.6 Å². The number of pyridine rings is 1. The number of hydrogen-bond acceptors (Lipinski definition) is 8. The Morgan fingerprint density at radius 2 is 2.03 bits per heavy atom. The van der Waals surface area contributed by atoms with Gasteiger partial charge in [-0.3, -0.25) is 4.79 Å². The number of alkyl halides is 2. The SMILES string of the molecule is CCC1(CNc2cc(-c3cc(C)c(F)c(N)c3)nc(OC(C)CCNCCNC)c2C=O)CC(F)(F)CN1. The Morgan fingerprint density at radius 1 is 1.26 bits per heavy atom. The first-order valence-corrected chi connectivity index (χ1v) is 13.0. The predicted octanol–water partition coefficient (Wildman–Crippen LogP) is 3.75. The molecule has 6 N–H and O–H groups in total. The highest BCUT2D eigenvalue weighted by Gasteiger charge is 2.48. The van der Waals surface area contributed by atoms with Crippen molar-refractivity contribution >= 4 is 17.7 Å². The Kier molecular flexibility index (Phi) is 9.97. The summed E-state index contributed by atoms with van der Waals surface area (Å²) in [5, 5.41) is 12.5. The Hall–Kier alpha value is -2.89. The number of nitrogen functional groups attached to an aromatic ring is 1. The number of nitrogens with two attached hydrogens (primary N) is 1. The topological polar surface area (TPSA) is 113 Å². The van der Waals surface area contributed by atoms with Gasteiger partial charge in [-0.25, -0.2) is 18.2 Å². The van der Waals surface area contributed by atoms with E-state index in [0.29, 0.717) is 48.2 Å². The van der Waals surface area contributed by atoms with Crippen molar-refractivity contribution in [3.63, 3.8) is 0 Å². The lowest BCUT2D eigenvalue weighted by molar-refractivity contribution is 0.0161. The van der Waals surface area contributed by atoms with Crippen LogP contribution in [-0.2, 0) is 0 Å². The molecule has 0 saturated carbocycles. The molecule has 0 amide bonds. The molecule has 3 rings (SSSR count). The molecule has 8 nitrogen and oxygen atoms in total. The largest absolute Gasteiger partial charge is 0.474 e. The molecule has 1 aromatic carbocycles. The number of nitrogens with one attached hydrogen (secondary N) is 4. The normalized spacial score (nSPS) is 19.3. The molecule has 1 fully saturated rings. The number of carbonyl (C=O) groups is 1. The first kappa shape index (κ1) is 29.7. The van der Waals surface area contributed by atoms with E-state index in [-0.39, 0.29) is 36.2 Å². The van der Waals surface area contributed by atoms with Gasteiger partial charge in [-0.15, -0.1) is 0 Å². The minimum absolute atomic E-state index is 0.0263. The van der Waals surface area contributed by atoms with Crippen molar-refractivity contribution in [3.8, 4) is 17.1 Å². The van der Waals surface area contributed by atoms with Crippen LogP contribution in [0, 0.1) is 12.7 Å². The van der Waals surface area contributed by atoms with E-state index < -0.39 is 23.8 Å². The van der Waals surface area contributed by atoms with Crippen molar-refractivity contribution in [1.29, 1.82) is 0 Å². The number of carbonyl (C=O) groups excluding carboxylic acids is 1. The number of likely N-dealkylation sites (N-methyl/N-ethyl adjacent to an activating group) is 1. The molecule has 38 heavy (non-hydrogen) atoms. The van der Waals surface area contributed by atoms with Gasteiger partial charge >= 0.3 is 0 Å². The van der Waals surface area contributed by atoms with E-state index in [4.69, 9.17) is 10.5 Å². The van der Waals surface area contributed by atoms with Gasteiger partial charge in [-0.1, -0.05) is 6.92 Å². The summed E-state index contributed by atoms with van der Waals surface area (Å²) in [4.78, 5) is 16.8. The number of benzene rings is 1. The third-order valence-electron chi connectivity index (χ3n) is 6.93. The highest BCUT2D eigenvalue weighted by Crippen LogP contribution is 2.36. The summed E-state index contributed by atoms with van der Waals surface area (Å²) in [6, 6.07) is 4.73. The van der Waals surface area contributed by atoms with Crippen LogP contribution in [0.5, 0.6) is 5.88 Å². The average molecular weight is 537 g/mol. The maximum Gasteiger partial charge on any atom is 0.262 e. The Bertz CT molecular complexity index is 1090. The molecule has 2 aromatic rings. The van der Waals surface area contributed by atoms with Crippen LogP contribution >= 0.6 is 0 Å². The molecule has 2 atom stereocenters. The standard InChI is InChI=1S/C27H39F3N6O2/c1-5-26(14-27(29,30)16-35-26)15-34-23-12-22(19-10-17(2)24(28)21(31)11-19)36-25(20(23)13-37)38-18(3)6-7-33-9-8-32-4/h10-13,18,32-33,35H,5-9,14-16,31H2,1-4H3,(H,34,36). The molecule has 2 heterocycles. The van der Waals surface area contributed by atoms with Gasteiger partial charge < -0.3 is 31.7 Å². The summed E-state index contributed by atoms with van der Waals surface area (Å²) in [7, 11) is 1.88. The summed E-state index contributed by atoms with van der Waals surface area (Å²) >= 11 is 0. The minimum Gasteiger partial charge on any atom is -0.474 e. The zero-order chi connectivity index (χ0) is 27.9. The molecule has 1 aromatic heterocycles. The lowest BCUT2D eigenvalue weighted by Gasteiger charge is -2.29. The summed E-state index contributed by atoms with van der Waals surface area (Å²) in [6.45, 7) is 7.45. The first-order valence-electron chi connectivity index (χ1n) is 13.0. The third kappa shape index (κ3) is 7.36. The van der Waals surface area contributed by atoms with Crippen molar-refractivity contribution in [1.82, 2.24) is 20.9 Å². The van der Waals surface area contributed by atoms with E-state index in [2.05, 4.69) is 26.3 Å². The van der Waals surface area contributed by atoms with Crippen LogP contribution in [0.4, 0.5) is 24.5 Å². The van der Waals surface area contributed by atoms with E-state index in [0.717, 1.165) is 13.1 Å². The number of aromatic nitrogens is 1. The highest BCUT2D eigenvalue weighted by atomic mass is 19.3. The fourth-order valence-electron chi connectivity index (χ4n) is 4.57. The van der Waals surface area contributed by atoms with Gasteiger partial charge in [0.05, 0.1) is 35.3 Å². The molecule has 0 bridgehead atoms. The monoisotopic (exact) mass is 536 g/mol. The summed E-state index contributed by atoms with van der Waals surface area (Å²) in [6.07, 6.45) is 1.19. The molecule has 11 heteroatoms. The van der Waals surface area contributed by atoms with Crippen LogP contribution in [0.1, 0.15) is 49.0 Å². The van der Waals surface area contributed by atoms with Gasteiger partial charge in [-0.2, -0.15) is 0 Å². The van der Waals surface area contributed by atoms with Crippen molar-refractivity contribution in [2.24, 2.45) is 0 Å². The lowest BCUT2D eigenvalue weighted by Crippen LogP contribution is -2.45. The van der Waals surface area contributed by atoms with Crippen LogP contribution in [0.2, 0.25) is 0 Å². The number of nitrogens with zero attached hydrogens (tertiary/aromatic N) is 1. The molecule has 1 aliphatic heterocycles. The molecular weight excluding hydrogens is 497 g/mol. The van der Waals surface area contributed by atoms with Crippen LogP contribution in [0.15, 0.2) is 18.2 Å². The molecule has 2 unspecified atom stereocenters. The van der Waals surface area contributed by atoms with Gasteiger partial charge in [0, 0.05) is 37.2 Å². The van der Waals surface area contributed by atoms with E-state index in [1.807, 2.05) is 20.9 Å². The van der Waals surface area contributed by atoms with E-state index in [1.165, 1.54) is 6.07 Å². The van der Waals surface area contributed by atoms with Gasteiger partial charge in [0.15, 0.2) is 6.29 Å². The minimum atomic E-state index is -2.80. The number of hydrogen-bond donors (Lipinski definition) is 5. The van der Waals surface area contributed by atoms with Crippen molar-refractivity contribution in [2.75, 3.05) is 50.8 Å². The van der Waals surface area contributed by atoms with Crippen LogP contribution < -0.4 is 31.7 Å². The maximum absolute atomic E-state index is 14.2. The molecule has 0 aliphatic carbocycles. The number of halogens is 3. The van der Waals surface area contributed by atoms with Crippen molar-refractivity contribution in [3.05, 3.63) is 35.1 Å². The summed E-state index contributed by atoms with van der Waals surface area (Å²) < 4.78 is 48.4. The van der Waals surface area contributed by atoms with E-state index >= 15 is 0 Å². The Labute approximate surface area is 222 Å². The average Bonchev–Trinajstić information content (AvgIpc) is 3.20. The second-order valence-electron chi connectivity index (χ2n) is 10.0. The Morgan fingerprint density at radius 3 is 2.63 bits per heavy atom. The van der Waals surface area contributed by atoms with Crippen LogP contribution in [-0.4, -0.2) is 68.6 Å². The predicted molar refractivity (Wildman–Crippen MR) is 145 cm³/mol. The molecule has 1 saturated heterocycles. The highest BCUT2D eigenvalue weighted by molar-refractivity contribution is 5.89. The van der Waals surface area contributed by atoms with Crippen LogP contribution in [0.25, 0.3) is 11.3 Å². The zero-order valence-electron chi connectivity index (χ0n) is 22.5. The molecule has 210 valence electrons. The molecule has 1 aliphatic rings. The Balaban J connectivity index is 1.93. The van der Waals surface area contributed by atoms with Gasteiger partial charge in [0.2, 0.25) is 5.88 Å². The number of aryl methyl sites for hydroxylation is 1. The number of aldehydes is 1. The van der Waals surface area contributed by atoms with E-state index in [9.17, 15) is 18.0 Å². The molecular formula is C27H39F3N6O2. The zero-order valence-corrected chi connectivity index (χ0v) is 22.5. The van der Waals surface area contributed by atoms with Gasteiger partial charge in [0.25, 0.3) is 5.92 Å². The quantitative estimate of drug-likeness (QED) is 0.141. The number of rotatable bonds is 14. The second-order valence-corrected chi connectivity index (χ2v) is 10.0. The lowest BCUT2D eigenvalue weighted by atomic mass is 9.93. The van der Waals surface area contributed by atoms with Crippen molar-refractivity contribution < 1.29 is 22.7 Å².